The molecule has 0 spiro atoms. The molecule has 2 saturated heterocycles. The van der Waals surface area contributed by atoms with Crippen molar-refractivity contribution >= 4 is 111 Å². The average Bonchev–Trinajstić information content (AvgIpc) is 1.27. The molecule has 3 aliphatic carbocycles. The number of aromatic nitrogens is 2. The van der Waals surface area contributed by atoms with Gasteiger partial charge >= 0.3 is 147 Å². The van der Waals surface area contributed by atoms with Gasteiger partial charge in [-0.2, -0.15) is 13.3 Å². The monoisotopic (exact) mass is 1730 g/mol. The van der Waals surface area contributed by atoms with Gasteiger partial charge in [-0.15, -0.1) is 0 Å². The van der Waals surface area contributed by atoms with Crippen LogP contribution in [0.3, 0.4) is 0 Å². The van der Waals surface area contributed by atoms with E-state index in [-0.39, 0.29) is 7.92 Å². The quantitative estimate of drug-likeness (QED) is 0.0815. The number of pyridine rings is 2. The van der Waals surface area contributed by atoms with Crippen LogP contribution in [0.2, 0.25) is 0 Å². The molecular formula is C84H108Br2Cl4N6PRu2-. The van der Waals surface area contributed by atoms with Gasteiger partial charge in [0.25, 0.3) is 0 Å². The molecule has 3 saturated carbocycles. The van der Waals surface area contributed by atoms with Crippen LogP contribution in [0.4, 0.5) is 22.7 Å². The zero-order chi connectivity index (χ0) is 71.4. The SMILES string of the molecule is Brc1cccnc1.Brc1cccnc1.C1CCC([PH+](C2CCCCC2)C2CCCCC2)CC1.Cc1cc(C)c(N2[CH-]N(c3c(C)cc(C)cc3C)CC2)c(C)c1.Cc1cc(C)c(N2[CH-]N(c3c(C)cc(C)cc3C)CC2)c(C)c1.[Cl][Ru]([Cl])=[CH]c1ccccc1.[Cl][Ru]([Cl])=[CH]c1ccccc1. The third kappa shape index (κ3) is 27.7. The van der Waals surface area contributed by atoms with Crippen molar-refractivity contribution in [1.82, 2.24) is 9.97 Å². The molecule has 2 aromatic heterocycles. The van der Waals surface area contributed by atoms with E-state index < -0.39 is 27.0 Å². The third-order valence-corrected chi connectivity index (χ3v) is 28.1. The Hall–Kier alpha value is -3.64. The number of anilines is 4. The van der Waals surface area contributed by atoms with Crippen molar-refractivity contribution in [2.45, 2.75) is 196 Å². The predicted molar refractivity (Wildman–Crippen MR) is 440 cm³/mol. The second-order valence-corrected chi connectivity index (χ2v) is 44.0. The molecule has 0 radical (unpaired) electrons. The van der Waals surface area contributed by atoms with Crippen molar-refractivity contribution in [2.24, 2.45) is 0 Å². The van der Waals surface area contributed by atoms with Crippen molar-refractivity contribution in [1.29, 1.82) is 0 Å². The molecular weight excluding hydrogens is 1630 g/mol. The number of aryl methyl sites for hydroxylation is 12. The van der Waals surface area contributed by atoms with Crippen LogP contribution in [0.25, 0.3) is 0 Å². The molecule has 5 fully saturated rings. The molecule has 6 aromatic carbocycles. The van der Waals surface area contributed by atoms with E-state index in [1.807, 2.05) is 94.1 Å². The van der Waals surface area contributed by atoms with Crippen LogP contribution in [0.1, 0.15) is 174 Å². The number of rotatable bonds is 9. The molecule has 0 unspecified atom stereocenters. The normalized spacial score (nSPS) is 15.8. The maximum atomic E-state index is 5.67. The average molecular weight is 1740 g/mol. The fourth-order valence-corrected chi connectivity index (χ4v) is 24.8. The van der Waals surface area contributed by atoms with Gasteiger partial charge < -0.3 is 19.6 Å². The van der Waals surface area contributed by atoms with E-state index in [0.29, 0.717) is 0 Å². The van der Waals surface area contributed by atoms with Crippen molar-refractivity contribution in [2.75, 3.05) is 45.8 Å². The van der Waals surface area contributed by atoms with E-state index in [0.717, 1.165) is 46.3 Å². The summed E-state index contributed by atoms with van der Waals surface area (Å²) in [6.07, 6.45) is 30.8. The summed E-state index contributed by atoms with van der Waals surface area (Å²) >= 11 is 3.27. The van der Waals surface area contributed by atoms with Crippen molar-refractivity contribution < 1.29 is 27.0 Å². The van der Waals surface area contributed by atoms with Crippen LogP contribution in [0.15, 0.2) is 167 Å². The molecule has 8 aromatic rings. The first kappa shape index (κ1) is 82.6. The molecule has 2 aliphatic heterocycles. The van der Waals surface area contributed by atoms with Crippen LogP contribution in [-0.4, -0.2) is 62.3 Å². The minimum atomic E-state index is -1.61. The van der Waals surface area contributed by atoms with Gasteiger partial charge in [-0.3, -0.25) is 9.97 Å². The molecule has 13 rings (SSSR count). The number of hydrogen-bond donors (Lipinski definition) is 0. The second-order valence-electron chi connectivity index (χ2n) is 27.3. The Labute approximate surface area is 641 Å². The molecule has 0 amide bonds. The van der Waals surface area contributed by atoms with Crippen molar-refractivity contribution in [3.05, 3.63) is 258 Å². The molecule has 0 N–H and O–H groups in total. The Balaban J connectivity index is 0.000000170. The van der Waals surface area contributed by atoms with Gasteiger partial charge in [0.15, 0.2) is 0 Å². The van der Waals surface area contributed by atoms with E-state index in [4.69, 9.17) is 38.8 Å². The first-order valence-electron chi connectivity index (χ1n) is 35.4. The number of nitrogens with zero attached hydrogens (tertiary/aromatic N) is 6. The zero-order valence-electron chi connectivity index (χ0n) is 60.6. The fraction of sp³-hybridized carbons (Fsp3) is 0.405. The summed E-state index contributed by atoms with van der Waals surface area (Å²) in [4.78, 5) is 17.3. The van der Waals surface area contributed by atoms with Gasteiger partial charge in [-0.05, 0) is 261 Å². The summed E-state index contributed by atoms with van der Waals surface area (Å²) in [6.45, 7) is 35.1. The first-order valence-corrected chi connectivity index (χ1v) is 49.6. The van der Waals surface area contributed by atoms with Crippen LogP contribution in [-0.2, 0) is 27.0 Å². The van der Waals surface area contributed by atoms with Gasteiger partial charge in [-0.25, -0.2) is 0 Å². The van der Waals surface area contributed by atoms with Crippen LogP contribution in [0, 0.1) is 96.4 Å². The number of benzene rings is 6. The van der Waals surface area contributed by atoms with Gasteiger partial charge in [0.1, 0.15) is 0 Å². The summed E-state index contributed by atoms with van der Waals surface area (Å²) in [6, 6.07) is 45.6. The second kappa shape index (κ2) is 43.6. The van der Waals surface area contributed by atoms with Crippen LogP contribution in [0.5, 0.6) is 0 Å². The summed E-state index contributed by atoms with van der Waals surface area (Å²) < 4.78 is 5.89. The summed E-state index contributed by atoms with van der Waals surface area (Å²) in [5.41, 5.74) is 27.6. The van der Waals surface area contributed by atoms with Crippen molar-refractivity contribution in [3.8, 4) is 0 Å². The number of halogens is 6. The Bertz CT molecular complexity index is 3300. The van der Waals surface area contributed by atoms with Gasteiger partial charge in [0.05, 0.1) is 17.0 Å². The Morgan fingerprint density at radius 3 is 0.798 bits per heavy atom. The minimum absolute atomic E-state index is 0.0465. The molecule has 6 nitrogen and oxygen atoms in total. The standard InChI is InChI=1S/2C21H27N2.C18H33P.2C7H6.2C5H4BrN.4ClH.2Ru/c2*1-14-9-16(3)20(17(4)10-14)22-7-8-23(13-22)21-18(5)11-15(2)12-19(21)6;1-4-10-16(11-5-1)19(17-12-6-2-7-13-17)18-14-8-3-9-15-18;2*1-7-5-3-2-4-6-7;2*6-5-2-1-3-7-4-5;;;;;;/h2*9-13H,7-8H2,1-6H3;16-18H,1-15H2;2*1-6H;2*1-4H;4*1H;;/q2*-1;;;;;;;;;;2*+2/p-3. The zero-order valence-corrected chi connectivity index (χ0v) is 71.3. The van der Waals surface area contributed by atoms with E-state index in [9.17, 15) is 0 Å². The first-order chi connectivity index (χ1) is 47.5. The molecule has 0 bridgehead atoms. The van der Waals surface area contributed by atoms with E-state index >= 15 is 0 Å². The third-order valence-electron chi connectivity index (χ3n) is 18.9. The molecule has 5 aliphatic rings. The number of hydrogen-bond acceptors (Lipinski definition) is 6. The summed E-state index contributed by atoms with van der Waals surface area (Å²) in [5.74, 6) is 0. The van der Waals surface area contributed by atoms with Crippen LogP contribution < -0.4 is 19.6 Å². The Morgan fingerprint density at radius 1 is 0.364 bits per heavy atom. The van der Waals surface area contributed by atoms with Crippen molar-refractivity contribution in [3.63, 3.8) is 0 Å². The maximum absolute atomic E-state index is 5.67. The van der Waals surface area contributed by atoms with Crippen LogP contribution >= 0.6 is 78.5 Å². The topological polar surface area (TPSA) is 38.7 Å². The van der Waals surface area contributed by atoms with Gasteiger partial charge in [-0.1, -0.05) is 90.0 Å². The van der Waals surface area contributed by atoms with Gasteiger partial charge in [0, 0.05) is 90.6 Å². The summed E-state index contributed by atoms with van der Waals surface area (Å²) in [5, 5.41) is 0. The molecule has 15 heteroatoms. The molecule has 99 heavy (non-hydrogen) atoms. The van der Waals surface area contributed by atoms with E-state index in [1.54, 1.807) is 121 Å². The van der Waals surface area contributed by atoms with Gasteiger partial charge in [0.2, 0.25) is 0 Å². The molecule has 0 atom stereocenters. The molecule has 4 heterocycles. The Morgan fingerprint density at radius 2 is 0.606 bits per heavy atom. The van der Waals surface area contributed by atoms with E-state index in [1.165, 1.54) is 106 Å². The fourth-order valence-electron chi connectivity index (χ4n) is 15.4. The summed E-state index contributed by atoms with van der Waals surface area (Å²) in [7, 11) is 22.6. The predicted octanol–water partition coefficient (Wildman–Crippen LogP) is 25.4. The Kier molecular flexibility index (Phi) is 36.4. The van der Waals surface area contributed by atoms with E-state index in [2.05, 4.69) is 206 Å². The molecule has 538 valence electrons.